The topological polar surface area (TPSA) is 66.5 Å². The third-order valence-corrected chi connectivity index (χ3v) is 3.79. The van der Waals surface area contributed by atoms with Crippen LogP contribution in [0.4, 0.5) is 0 Å². The highest BCUT2D eigenvalue weighted by molar-refractivity contribution is 7.09. The lowest BCUT2D eigenvalue weighted by Crippen LogP contribution is -2.28. The standard InChI is InChI=1S/C11H15N5S/c1-2-8(7-12-3-1)11-14-9(15-16-11)6-10-13-4-5-17-10/h4-5,8,12H,1-3,6-7H2,(H,14,15,16). The van der Waals surface area contributed by atoms with Crippen molar-refractivity contribution in [3.05, 3.63) is 28.2 Å². The molecule has 90 valence electrons. The van der Waals surface area contributed by atoms with Crippen molar-refractivity contribution >= 4 is 11.3 Å². The first-order valence-corrected chi connectivity index (χ1v) is 6.80. The van der Waals surface area contributed by atoms with Gasteiger partial charge in [0.25, 0.3) is 0 Å². The van der Waals surface area contributed by atoms with E-state index >= 15 is 0 Å². The Morgan fingerprint density at radius 3 is 3.24 bits per heavy atom. The van der Waals surface area contributed by atoms with Gasteiger partial charge in [-0.1, -0.05) is 0 Å². The summed E-state index contributed by atoms with van der Waals surface area (Å²) in [4.78, 5) is 8.82. The Morgan fingerprint density at radius 2 is 2.47 bits per heavy atom. The number of hydrogen-bond acceptors (Lipinski definition) is 5. The maximum Gasteiger partial charge on any atom is 0.155 e. The van der Waals surface area contributed by atoms with E-state index < -0.39 is 0 Å². The molecule has 6 heteroatoms. The lowest BCUT2D eigenvalue weighted by molar-refractivity contribution is 0.447. The molecule has 0 spiro atoms. The van der Waals surface area contributed by atoms with E-state index in [4.69, 9.17) is 0 Å². The van der Waals surface area contributed by atoms with Crippen molar-refractivity contribution in [2.24, 2.45) is 0 Å². The fourth-order valence-corrected chi connectivity index (χ4v) is 2.75. The van der Waals surface area contributed by atoms with E-state index in [-0.39, 0.29) is 0 Å². The molecule has 2 aromatic rings. The van der Waals surface area contributed by atoms with Crippen LogP contribution >= 0.6 is 11.3 Å². The molecule has 2 N–H and O–H groups in total. The number of aromatic amines is 1. The first kappa shape index (κ1) is 10.9. The highest BCUT2D eigenvalue weighted by Gasteiger charge is 2.19. The molecule has 0 amide bonds. The maximum absolute atomic E-state index is 4.57. The Morgan fingerprint density at radius 1 is 1.47 bits per heavy atom. The highest BCUT2D eigenvalue weighted by Crippen LogP contribution is 2.20. The minimum atomic E-state index is 0.463. The van der Waals surface area contributed by atoms with Crippen LogP contribution in [0.1, 0.15) is 35.4 Å². The summed E-state index contributed by atoms with van der Waals surface area (Å²) in [5, 5.41) is 13.8. The van der Waals surface area contributed by atoms with Crippen molar-refractivity contribution in [3.8, 4) is 0 Å². The van der Waals surface area contributed by atoms with E-state index in [0.29, 0.717) is 5.92 Å². The molecule has 1 atom stereocenters. The van der Waals surface area contributed by atoms with E-state index in [1.165, 1.54) is 12.8 Å². The van der Waals surface area contributed by atoms with Crippen LogP contribution in [0.3, 0.4) is 0 Å². The summed E-state index contributed by atoms with van der Waals surface area (Å²) < 4.78 is 0. The number of H-pyrrole nitrogens is 1. The minimum Gasteiger partial charge on any atom is -0.316 e. The first-order chi connectivity index (χ1) is 8.42. The summed E-state index contributed by atoms with van der Waals surface area (Å²) in [5.41, 5.74) is 0. The fraction of sp³-hybridized carbons (Fsp3) is 0.545. The van der Waals surface area contributed by atoms with Gasteiger partial charge in [-0.05, 0) is 19.4 Å². The summed E-state index contributed by atoms with van der Waals surface area (Å²) in [6.45, 7) is 2.11. The van der Waals surface area contributed by atoms with E-state index in [2.05, 4.69) is 25.5 Å². The van der Waals surface area contributed by atoms with Crippen molar-refractivity contribution in [1.82, 2.24) is 25.5 Å². The van der Waals surface area contributed by atoms with Gasteiger partial charge in [0.1, 0.15) is 10.8 Å². The fourth-order valence-electron chi connectivity index (χ4n) is 2.13. The van der Waals surface area contributed by atoms with E-state index in [1.807, 2.05) is 11.6 Å². The number of piperidine rings is 1. The Labute approximate surface area is 104 Å². The van der Waals surface area contributed by atoms with E-state index in [1.54, 1.807) is 11.3 Å². The summed E-state index contributed by atoms with van der Waals surface area (Å²) in [7, 11) is 0. The third kappa shape index (κ3) is 2.53. The molecule has 0 aromatic carbocycles. The molecular weight excluding hydrogens is 234 g/mol. The molecule has 3 heterocycles. The predicted molar refractivity (Wildman–Crippen MR) is 66.1 cm³/mol. The Bertz CT molecular complexity index is 458. The summed E-state index contributed by atoms with van der Waals surface area (Å²) in [6, 6.07) is 0. The Hall–Kier alpha value is -1.27. The van der Waals surface area contributed by atoms with Crippen LogP contribution < -0.4 is 5.32 Å². The van der Waals surface area contributed by atoms with Gasteiger partial charge in [0.15, 0.2) is 5.82 Å². The summed E-state index contributed by atoms with van der Waals surface area (Å²) in [5.74, 6) is 2.33. The van der Waals surface area contributed by atoms with Gasteiger partial charge in [0.2, 0.25) is 0 Å². The zero-order valence-electron chi connectivity index (χ0n) is 9.52. The second kappa shape index (κ2) is 4.93. The zero-order chi connectivity index (χ0) is 11.5. The van der Waals surface area contributed by atoms with Crippen LogP contribution in [0.2, 0.25) is 0 Å². The summed E-state index contributed by atoms with van der Waals surface area (Å²) in [6.07, 6.45) is 4.97. The van der Waals surface area contributed by atoms with Crippen LogP contribution in [0.5, 0.6) is 0 Å². The van der Waals surface area contributed by atoms with E-state index in [9.17, 15) is 0 Å². The lowest BCUT2D eigenvalue weighted by atomic mass is 9.99. The lowest BCUT2D eigenvalue weighted by Gasteiger charge is -2.19. The average molecular weight is 249 g/mol. The molecule has 5 nitrogen and oxygen atoms in total. The van der Waals surface area contributed by atoms with Gasteiger partial charge in [-0.25, -0.2) is 9.97 Å². The van der Waals surface area contributed by atoms with Crippen molar-refractivity contribution in [1.29, 1.82) is 0 Å². The number of rotatable bonds is 3. The molecule has 0 bridgehead atoms. The van der Waals surface area contributed by atoms with Gasteiger partial charge in [-0.2, -0.15) is 5.10 Å². The number of thiazole rings is 1. The quantitative estimate of drug-likeness (QED) is 0.861. The van der Waals surface area contributed by atoms with Gasteiger partial charge in [-0.3, -0.25) is 5.10 Å². The normalized spacial score (nSPS) is 20.6. The molecule has 1 fully saturated rings. The van der Waals surface area contributed by atoms with Crippen LogP contribution in [0, 0.1) is 0 Å². The second-order valence-corrected chi connectivity index (χ2v) is 5.27. The van der Waals surface area contributed by atoms with Crippen molar-refractivity contribution < 1.29 is 0 Å². The van der Waals surface area contributed by atoms with Gasteiger partial charge < -0.3 is 5.32 Å². The van der Waals surface area contributed by atoms with Gasteiger partial charge in [0, 0.05) is 24.0 Å². The van der Waals surface area contributed by atoms with Crippen molar-refractivity contribution in [3.63, 3.8) is 0 Å². The monoisotopic (exact) mass is 249 g/mol. The first-order valence-electron chi connectivity index (χ1n) is 5.92. The number of hydrogen-bond donors (Lipinski definition) is 2. The maximum atomic E-state index is 4.57. The molecule has 0 radical (unpaired) electrons. The second-order valence-electron chi connectivity index (χ2n) is 4.29. The smallest absolute Gasteiger partial charge is 0.155 e. The molecule has 1 saturated heterocycles. The number of aromatic nitrogens is 4. The zero-order valence-corrected chi connectivity index (χ0v) is 10.3. The van der Waals surface area contributed by atoms with Crippen LogP contribution in [-0.2, 0) is 6.42 Å². The van der Waals surface area contributed by atoms with Gasteiger partial charge >= 0.3 is 0 Å². The van der Waals surface area contributed by atoms with Gasteiger partial charge in [0.05, 0.1) is 6.42 Å². The van der Waals surface area contributed by atoms with Crippen molar-refractivity contribution in [2.45, 2.75) is 25.2 Å². The molecule has 0 aliphatic carbocycles. The number of nitrogens with one attached hydrogen (secondary N) is 2. The minimum absolute atomic E-state index is 0.463. The van der Waals surface area contributed by atoms with Crippen LogP contribution in [0.25, 0.3) is 0 Å². The molecule has 1 unspecified atom stereocenters. The summed E-state index contributed by atoms with van der Waals surface area (Å²) >= 11 is 1.65. The third-order valence-electron chi connectivity index (χ3n) is 3.01. The predicted octanol–water partition coefficient (Wildman–Crippen LogP) is 1.32. The molecule has 17 heavy (non-hydrogen) atoms. The SMILES string of the molecule is c1csc(Cc2nc(C3CCCNC3)n[nH]2)n1. The molecule has 2 aromatic heterocycles. The Kier molecular flexibility index (Phi) is 3.15. The van der Waals surface area contributed by atoms with Crippen LogP contribution in [0.15, 0.2) is 11.6 Å². The molecule has 1 aliphatic heterocycles. The van der Waals surface area contributed by atoms with Crippen LogP contribution in [-0.4, -0.2) is 33.3 Å². The molecular formula is C11H15N5S. The van der Waals surface area contributed by atoms with Gasteiger partial charge in [-0.15, -0.1) is 11.3 Å². The largest absolute Gasteiger partial charge is 0.316 e. The molecule has 3 rings (SSSR count). The molecule has 0 saturated carbocycles. The molecule has 1 aliphatic rings. The van der Waals surface area contributed by atoms with E-state index in [0.717, 1.165) is 36.2 Å². The Balaban J connectivity index is 1.69. The average Bonchev–Trinajstić information content (AvgIpc) is 3.02. The number of nitrogens with zero attached hydrogens (tertiary/aromatic N) is 3. The van der Waals surface area contributed by atoms with Crippen molar-refractivity contribution in [2.75, 3.05) is 13.1 Å². The highest BCUT2D eigenvalue weighted by atomic mass is 32.1.